The van der Waals surface area contributed by atoms with Crippen LogP contribution in [0.25, 0.3) is 0 Å². The van der Waals surface area contributed by atoms with Crippen LogP contribution in [-0.2, 0) is 4.79 Å². The lowest BCUT2D eigenvalue weighted by Crippen LogP contribution is -2.05. The van der Waals surface area contributed by atoms with Gasteiger partial charge in [0.15, 0.2) is 5.78 Å². The zero-order chi connectivity index (χ0) is 13.5. The monoisotopic (exact) mass is 252 g/mol. The van der Waals surface area contributed by atoms with Crippen molar-refractivity contribution >= 4 is 11.8 Å². The van der Waals surface area contributed by atoms with Crippen molar-refractivity contribution < 1.29 is 14.3 Å². The average Bonchev–Trinajstić information content (AvgIpc) is 2.47. The van der Waals surface area contributed by atoms with Crippen molar-refractivity contribution in [3.8, 4) is 5.75 Å². The number of rotatable bonds is 4. The molecule has 19 heavy (non-hydrogen) atoms. The van der Waals surface area contributed by atoms with E-state index in [9.17, 15) is 9.59 Å². The van der Waals surface area contributed by atoms with E-state index in [2.05, 4.69) is 0 Å². The maximum Gasteiger partial charge on any atom is 0.336 e. The third kappa shape index (κ3) is 3.92. The van der Waals surface area contributed by atoms with Crippen LogP contribution in [0.15, 0.2) is 72.8 Å². The van der Waals surface area contributed by atoms with Crippen LogP contribution in [0, 0.1) is 0 Å². The second-order valence-corrected chi connectivity index (χ2v) is 3.80. The van der Waals surface area contributed by atoms with E-state index in [0.717, 1.165) is 6.08 Å². The Bertz CT molecular complexity index is 586. The summed E-state index contributed by atoms with van der Waals surface area (Å²) >= 11 is 0. The number of benzene rings is 2. The fourth-order valence-electron chi connectivity index (χ4n) is 1.48. The number of hydrogen-bond acceptors (Lipinski definition) is 3. The summed E-state index contributed by atoms with van der Waals surface area (Å²) < 4.78 is 5.02. The Labute approximate surface area is 111 Å². The topological polar surface area (TPSA) is 43.4 Å². The molecule has 0 heterocycles. The Balaban J connectivity index is 1.96. The number of ether oxygens (including phenoxy) is 1. The van der Waals surface area contributed by atoms with E-state index in [1.54, 1.807) is 48.5 Å². The molecule has 0 aliphatic carbocycles. The molecule has 0 aliphatic heterocycles. The van der Waals surface area contributed by atoms with Gasteiger partial charge in [0, 0.05) is 11.6 Å². The van der Waals surface area contributed by atoms with Gasteiger partial charge in [-0.15, -0.1) is 0 Å². The molecule has 0 saturated carbocycles. The van der Waals surface area contributed by atoms with Gasteiger partial charge in [0.25, 0.3) is 0 Å². The predicted octanol–water partition coefficient (Wildman–Crippen LogP) is 3.03. The third-order valence-electron chi connectivity index (χ3n) is 2.39. The molecular weight excluding hydrogens is 240 g/mol. The molecule has 94 valence electrons. The van der Waals surface area contributed by atoms with Crippen LogP contribution in [0.3, 0.4) is 0 Å². The zero-order valence-electron chi connectivity index (χ0n) is 10.2. The molecule has 2 rings (SSSR count). The minimum atomic E-state index is -0.574. The lowest BCUT2D eigenvalue weighted by atomic mass is 10.1. The maximum absolute atomic E-state index is 11.7. The Kier molecular flexibility index (Phi) is 4.24. The summed E-state index contributed by atoms with van der Waals surface area (Å²) in [7, 11) is 0. The molecule has 0 radical (unpaired) electrons. The van der Waals surface area contributed by atoms with Gasteiger partial charge in [-0.1, -0.05) is 48.5 Å². The fourth-order valence-corrected chi connectivity index (χ4v) is 1.48. The Morgan fingerprint density at radius 2 is 1.37 bits per heavy atom. The zero-order valence-corrected chi connectivity index (χ0v) is 10.2. The van der Waals surface area contributed by atoms with Crippen LogP contribution in [-0.4, -0.2) is 11.8 Å². The van der Waals surface area contributed by atoms with E-state index >= 15 is 0 Å². The number of carbonyl (C=O) groups excluding carboxylic acids is 2. The average molecular weight is 252 g/mol. The van der Waals surface area contributed by atoms with E-state index in [0.29, 0.717) is 11.3 Å². The number of allylic oxidation sites excluding steroid dienone is 1. The number of esters is 1. The van der Waals surface area contributed by atoms with Crippen molar-refractivity contribution in [3.63, 3.8) is 0 Å². The van der Waals surface area contributed by atoms with Gasteiger partial charge in [0.05, 0.1) is 0 Å². The summed E-state index contributed by atoms with van der Waals surface area (Å²) in [5.74, 6) is -0.356. The predicted molar refractivity (Wildman–Crippen MR) is 72.0 cm³/mol. The minimum absolute atomic E-state index is 0.231. The first-order chi connectivity index (χ1) is 9.25. The lowest BCUT2D eigenvalue weighted by molar-refractivity contribution is -0.129. The molecule has 0 N–H and O–H groups in total. The van der Waals surface area contributed by atoms with E-state index < -0.39 is 5.97 Å². The first kappa shape index (κ1) is 12.8. The van der Waals surface area contributed by atoms with Gasteiger partial charge >= 0.3 is 5.97 Å². The van der Waals surface area contributed by atoms with Gasteiger partial charge in [-0.3, -0.25) is 4.79 Å². The van der Waals surface area contributed by atoms with Gasteiger partial charge in [0.2, 0.25) is 0 Å². The molecule has 0 saturated heterocycles. The van der Waals surface area contributed by atoms with Crippen molar-refractivity contribution in [3.05, 3.63) is 78.4 Å². The molecule has 3 heteroatoms. The molecule has 3 nitrogen and oxygen atoms in total. The van der Waals surface area contributed by atoms with Crippen LogP contribution < -0.4 is 4.74 Å². The highest BCUT2D eigenvalue weighted by Gasteiger charge is 2.03. The molecule has 0 amide bonds. The third-order valence-corrected chi connectivity index (χ3v) is 2.39. The van der Waals surface area contributed by atoms with Gasteiger partial charge in [0.1, 0.15) is 5.75 Å². The second kappa shape index (κ2) is 6.31. The normalized spacial score (nSPS) is 10.3. The lowest BCUT2D eigenvalue weighted by Gasteiger charge is -1.99. The molecule has 2 aromatic rings. The van der Waals surface area contributed by atoms with Gasteiger partial charge in [-0.2, -0.15) is 0 Å². The van der Waals surface area contributed by atoms with Crippen LogP contribution >= 0.6 is 0 Å². The maximum atomic E-state index is 11.7. The van der Waals surface area contributed by atoms with E-state index in [4.69, 9.17) is 4.74 Å². The minimum Gasteiger partial charge on any atom is -0.423 e. The standard InChI is InChI=1S/C16H12O3/c17-15(13-7-3-1-4-8-13)11-12-16(18)19-14-9-5-2-6-10-14/h1-12H. The van der Waals surface area contributed by atoms with Crippen LogP contribution in [0.1, 0.15) is 10.4 Å². The summed E-state index contributed by atoms with van der Waals surface area (Å²) in [4.78, 5) is 23.2. The van der Waals surface area contributed by atoms with Crippen molar-refractivity contribution in [2.75, 3.05) is 0 Å². The molecule has 0 fully saturated rings. The van der Waals surface area contributed by atoms with Crippen LogP contribution in [0.2, 0.25) is 0 Å². The first-order valence-electron chi connectivity index (χ1n) is 5.80. The molecule has 0 atom stereocenters. The molecule has 0 unspecified atom stereocenters. The largest absolute Gasteiger partial charge is 0.423 e. The molecule has 0 aromatic heterocycles. The molecule has 0 aliphatic rings. The Hall–Kier alpha value is -2.68. The summed E-state index contributed by atoms with van der Waals surface area (Å²) in [5, 5.41) is 0. The smallest absolute Gasteiger partial charge is 0.336 e. The highest BCUT2D eigenvalue weighted by Crippen LogP contribution is 2.08. The summed E-state index contributed by atoms with van der Waals surface area (Å²) in [6.07, 6.45) is 2.34. The highest BCUT2D eigenvalue weighted by molar-refractivity contribution is 6.07. The van der Waals surface area contributed by atoms with E-state index in [-0.39, 0.29) is 5.78 Å². The van der Waals surface area contributed by atoms with Gasteiger partial charge in [-0.25, -0.2) is 4.79 Å². The van der Waals surface area contributed by atoms with Crippen molar-refractivity contribution in [2.24, 2.45) is 0 Å². The SMILES string of the molecule is O=C(C=CC(=O)c1ccccc1)Oc1ccccc1. The van der Waals surface area contributed by atoms with Crippen molar-refractivity contribution in [1.82, 2.24) is 0 Å². The number of carbonyl (C=O) groups is 2. The summed E-state index contributed by atoms with van der Waals surface area (Å²) in [6.45, 7) is 0. The quantitative estimate of drug-likeness (QED) is 0.363. The second-order valence-electron chi connectivity index (χ2n) is 3.80. The van der Waals surface area contributed by atoms with Crippen molar-refractivity contribution in [1.29, 1.82) is 0 Å². The molecular formula is C16H12O3. The number of ketones is 1. The fraction of sp³-hybridized carbons (Fsp3) is 0. The Morgan fingerprint density at radius 3 is 2.00 bits per heavy atom. The van der Waals surface area contributed by atoms with E-state index in [1.165, 1.54) is 6.08 Å². The first-order valence-corrected chi connectivity index (χ1v) is 5.80. The van der Waals surface area contributed by atoms with Crippen LogP contribution in [0.5, 0.6) is 5.75 Å². The van der Waals surface area contributed by atoms with Crippen LogP contribution in [0.4, 0.5) is 0 Å². The van der Waals surface area contributed by atoms with Crippen molar-refractivity contribution in [2.45, 2.75) is 0 Å². The molecule has 0 spiro atoms. The number of para-hydroxylation sites is 1. The molecule has 2 aromatic carbocycles. The summed E-state index contributed by atoms with van der Waals surface area (Å²) in [5.41, 5.74) is 0.534. The Morgan fingerprint density at radius 1 is 0.789 bits per heavy atom. The summed E-state index contributed by atoms with van der Waals surface area (Å²) in [6, 6.07) is 17.4. The van der Waals surface area contributed by atoms with Gasteiger partial charge < -0.3 is 4.74 Å². The van der Waals surface area contributed by atoms with E-state index in [1.807, 2.05) is 12.1 Å². The number of hydrogen-bond donors (Lipinski definition) is 0. The highest BCUT2D eigenvalue weighted by atomic mass is 16.5. The molecule has 0 bridgehead atoms. The van der Waals surface area contributed by atoms with Gasteiger partial charge in [-0.05, 0) is 18.2 Å².